The normalized spacial score (nSPS) is 18.8. The number of halogens is 5. The van der Waals surface area contributed by atoms with Gasteiger partial charge in [0.15, 0.2) is 0 Å². The van der Waals surface area contributed by atoms with Gasteiger partial charge >= 0.3 is 6.18 Å². The number of aliphatic hydroxyl groups is 1. The molecular weight excluding hydrogens is 419 g/mol. The van der Waals surface area contributed by atoms with Gasteiger partial charge in [-0.05, 0) is 54.1 Å². The van der Waals surface area contributed by atoms with E-state index in [1.165, 1.54) is 12.1 Å². The molecule has 9 heteroatoms. The summed E-state index contributed by atoms with van der Waals surface area (Å²) in [6, 6.07) is 5.55. The molecule has 2 aromatic carbocycles. The van der Waals surface area contributed by atoms with E-state index in [9.17, 15) is 27.1 Å². The lowest BCUT2D eigenvalue weighted by molar-refractivity contribution is -0.140. The van der Waals surface area contributed by atoms with Gasteiger partial charge in [-0.2, -0.15) is 13.2 Å². The Hall–Kier alpha value is -2.78. The third kappa shape index (κ3) is 4.47. The van der Waals surface area contributed by atoms with Crippen molar-refractivity contribution < 1.29 is 31.8 Å². The molecule has 2 N–H and O–H groups in total. The molecule has 0 amide bonds. The number of aliphatic hydroxyl groups excluding tert-OH is 1. The van der Waals surface area contributed by atoms with E-state index in [0.29, 0.717) is 40.8 Å². The van der Waals surface area contributed by atoms with Crippen molar-refractivity contribution in [1.82, 2.24) is 10.3 Å². The fourth-order valence-corrected chi connectivity index (χ4v) is 3.73. The molecule has 1 heterocycles. The summed E-state index contributed by atoms with van der Waals surface area (Å²) in [4.78, 5) is 4.03. The molecule has 164 valence electrons. The number of benzene rings is 2. The van der Waals surface area contributed by atoms with Crippen molar-refractivity contribution in [2.24, 2.45) is 0 Å². The highest BCUT2D eigenvalue weighted by Crippen LogP contribution is 2.35. The first kappa shape index (κ1) is 21.5. The van der Waals surface area contributed by atoms with E-state index in [1.54, 1.807) is 18.5 Å². The van der Waals surface area contributed by atoms with E-state index < -0.39 is 23.4 Å². The first-order chi connectivity index (χ1) is 14.8. The highest BCUT2D eigenvalue weighted by molar-refractivity contribution is 5.88. The van der Waals surface area contributed by atoms with Crippen molar-refractivity contribution in [1.29, 1.82) is 0 Å². The zero-order chi connectivity index (χ0) is 22.2. The number of aromatic nitrogens is 1. The molecule has 0 unspecified atom stereocenters. The number of alkyl halides is 3. The van der Waals surface area contributed by atoms with Crippen LogP contribution < -0.4 is 10.1 Å². The minimum absolute atomic E-state index is 0.00124. The lowest BCUT2D eigenvalue weighted by atomic mass is 9.88. The van der Waals surface area contributed by atoms with Gasteiger partial charge in [0, 0.05) is 35.9 Å². The second kappa shape index (κ2) is 8.39. The monoisotopic (exact) mass is 438 g/mol. The topological polar surface area (TPSA) is 54.4 Å². The number of hydrogen-bond acceptors (Lipinski definition) is 4. The third-order valence-corrected chi connectivity index (χ3v) is 5.46. The number of pyridine rings is 1. The molecule has 1 aromatic heterocycles. The SMILES string of the molecule is OCc1cc(F)c(CN[C@H]2C[C@H](Oc3ccc(F)c(C(F)(F)F)c3)C2)c2ccncc12. The van der Waals surface area contributed by atoms with Crippen molar-refractivity contribution in [2.45, 2.75) is 44.3 Å². The van der Waals surface area contributed by atoms with E-state index in [-0.39, 0.29) is 31.0 Å². The standard InChI is InChI=1S/C22H19F5N2O2/c23-20-2-1-14(8-19(20)22(25,26)27)31-15-6-13(7-15)29-10-18-16-3-4-28-9-17(16)12(11-30)5-21(18)24/h1-5,8-9,13,15,29-30H,6-7,10-11H2/t13-,15-. The van der Waals surface area contributed by atoms with Crippen LogP contribution in [-0.4, -0.2) is 22.2 Å². The van der Waals surface area contributed by atoms with E-state index in [0.717, 1.165) is 6.07 Å². The second-order valence-corrected chi connectivity index (χ2v) is 7.50. The fourth-order valence-electron chi connectivity index (χ4n) is 3.73. The van der Waals surface area contributed by atoms with Gasteiger partial charge in [-0.1, -0.05) is 0 Å². The van der Waals surface area contributed by atoms with E-state index in [4.69, 9.17) is 4.74 Å². The zero-order valence-corrected chi connectivity index (χ0v) is 16.2. The molecule has 0 spiro atoms. The Bertz CT molecular complexity index is 1100. The van der Waals surface area contributed by atoms with E-state index in [1.807, 2.05) is 0 Å². The molecule has 1 saturated carbocycles. The Balaban J connectivity index is 1.37. The molecule has 3 aromatic rings. The summed E-state index contributed by atoms with van der Waals surface area (Å²) >= 11 is 0. The molecule has 0 atom stereocenters. The first-order valence-corrected chi connectivity index (χ1v) is 9.68. The Morgan fingerprint density at radius 2 is 1.84 bits per heavy atom. The van der Waals surface area contributed by atoms with Crippen molar-refractivity contribution in [3.05, 3.63) is 71.1 Å². The Kier molecular flexibility index (Phi) is 5.81. The van der Waals surface area contributed by atoms with Gasteiger partial charge in [0.2, 0.25) is 0 Å². The van der Waals surface area contributed by atoms with Gasteiger partial charge in [-0.25, -0.2) is 8.78 Å². The van der Waals surface area contributed by atoms with Gasteiger partial charge in [-0.15, -0.1) is 0 Å². The molecule has 4 nitrogen and oxygen atoms in total. The number of nitrogens with one attached hydrogen (secondary N) is 1. The quantitative estimate of drug-likeness (QED) is 0.547. The minimum atomic E-state index is -4.79. The maximum absolute atomic E-state index is 14.6. The zero-order valence-electron chi connectivity index (χ0n) is 16.2. The van der Waals surface area contributed by atoms with Crippen LogP contribution in [0.1, 0.15) is 29.5 Å². The average molecular weight is 438 g/mol. The van der Waals surface area contributed by atoms with Gasteiger partial charge in [0.25, 0.3) is 0 Å². The number of hydrogen-bond donors (Lipinski definition) is 2. The van der Waals surface area contributed by atoms with E-state index >= 15 is 0 Å². The molecule has 0 saturated heterocycles. The molecule has 1 aliphatic carbocycles. The molecular formula is C22H19F5N2O2. The van der Waals surface area contributed by atoms with E-state index in [2.05, 4.69) is 10.3 Å². The summed E-state index contributed by atoms with van der Waals surface area (Å²) in [6.07, 6.45) is -0.928. The first-order valence-electron chi connectivity index (χ1n) is 9.68. The number of ether oxygens (including phenoxy) is 1. The van der Waals surface area contributed by atoms with Crippen molar-refractivity contribution in [3.63, 3.8) is 0 Å². The lowest BCUT2D eigenvalue weighted by Gasteiger charge is -2.36. The summed E-state index contributed by atoms with van der Waals surface area (Å²) in [5.41, 5.74) is -0.450. The van der Waals surface area contributed by atoms with Crippen molar-refractivity contribution in [3.8, 4) is 5.75 Å². The molecule has 0 aliphatic heterocycles. The van der Waals surface area contributed by atoms with Crippen molar-refractivity contribution in [2.75, 3.05) is 0 Å². The van der Waals surface area contributed by atoms with Gasteiger partial charge in [0.05, 0.1) is 12.2 Å². The average Bonchev–Trinajstić information content (AvgIpc) is 2.70. The number of fused-ring (bicyclic) bond motifs is 1. The molecule has 4 rings (SSSR count). The highest BCUT2D eigenvalue weighted by atomic mass is 19.4. The van der Waals surface area contributed by atoms with Crippen LogP contribution in [0.15, 0.2) is 42.7 Å². The molecule has 1 aliphatic rings. The minimum Gasteiger partial charge on any atom is -0.490 e. The molecule has 0 bridgehead atoms. The highest BCUT2D eigenvalue weighted by Gasteiger charge is 2.35. The summed E-state index contributed by atoms with van der Waals surface area (Å²) in [7, 11) is 0. The Morgan fingerprint density at radius 1 is 1.06 bits per heavy atom. The summed E-state index contributed by atoms with van der Waals surface area (Å²) in [6.45, 7) is -0.0574. The number of rotatable bonds is 6. The van der Waals surface area contributed by atoms with Crippen LogP contribution in [0.25, 0.3) is 10.8 Å². The summed E-state index contributed by atoms with van der Waals surface area (Å²) < 4.78 is 71.9. The van der Waals surface area contributed by atoms with Gasteiger partial charge < -0.3 is 15.2 Å². The smallest absolute Gasteiger partial charge is 0.419 e. The van der Waals surface area contributed by atoms with Crippen LogP contribution in [0.2, 0.25) is 0 Å². The van der Waals surface area contributed by atoms with Gasteiger partial charge in [0.1, 0.15) is 23.5 Å². The van der Waals surface area contributed by atoms with Crippen LogP contribution >= 0.6 is 0 Å². The van der Waals surface area contributed by atoms with Crippen LogP contribution in [0.4, 0.5) is 22.0 Å². The predicted molar refractivity (Wildman–Crippen MR) is 103 cm³/mol. The second-order valence-electron chi connectivity index (χ2n) is 7.50. The summed E-state index contributed by atoms with van der Waals surface area (Å²) in [5, 5.41) is 14.0. The predicted octanol–water partition coefficient (Wildman–Crippen LogP) is 4.72. The van der Waals surface area contributed by atoms with Crippen LogP contribution in [0.5, 0.6) is 5.75 Å². The van der Waals surface area contributed by atoms with Crippen LogP contribution in [0.3, 0.4) is 0 Å². The Morgan fingerprint density at radius 3 is 2.55 bits per heavy atom. The van der Waals surface area contributed by atoms with Crippen LogP contribution in [0, 0.1) is 11.6 Å². The largest absolute Gasteiger partial charge is 0.490 e. The molecule has 1 fully saturated rings. The maximum atomic E-state index is 14.6. The maximum Gasteiger partial charge on any atom is 0.419 e. The molecule has 31 heavy (non-hydrogen) atoms. The van der Waals surface area contributed by atoms with Crippen LogP contribution in [-0.2, 0) is 19.3 Å². The summed E-state index contributed by atoms with van der Waals surface area (Å²) in [5.74, 6) is -1.82. The van der Waals surface area contributed by atoms with Crippen molar-refractivity contribution >= 4 is 10.8 Å². The lowest BCUT2D eigenvalue weighted by Crippen LogP contribution is -2.46. The van der Waals surface area contributed by atoms with Gasteiger partial charge in [-0.3, -0.25) is 4.98 Å². The fraction of sp³-hybridized carbons (Fsp3) is 0.318. The number of nitrogens with zero attached hydrogens (tertiary/aromatic N) is 1. The third-order valence-electron chi connectivity index (χ3n) is 5.46. The Labute approximate surface area is 174 Å². The molecule has 0 radical (unpaired) electrons.